The lowest BCUT2D eigenvalue weighted by molar-refractivity contribution is 1.12. The highest BCUT2D eigenvalue weighted by Gasteiger charge is 2.09. The molecule has 4 N–H and O–H groups in total. The first-order valence-corrected chi connectivity index (χ1v) is 5.82. The summed E-state index contributed by atoms with van der Waals surface area (Å²) in [6, 6.07) is 9.95. The number of pyridine rings is 1. The van der Waals surface area contributed by atoms with Gasteiger partial charge in [0.15, 0.2) is 0 Å². The molecule has 1 aromatic carbocycles. The summed E-state index contributed by atoms with van der Waals surface area (Å²) in [5, 5.41) is 0. The number of nitrogens with zero attached hydrogens (tertiary/aromatic N) is 2. The molecule has 0 spiro atoms. The van der Waals surface area contributed by atoms with E-state index in [0.717, 1.165) is 11.5 Å². The minimum atomic E-state index is 0.365. The van der Waals surface area contributed by atoms with Gasteiger partial charge in [-0.3, -0.25) is 0 Å². The summed E-state index contributed by atoms with van der Waals surface area (Å²) in [6.07, 6.45) is 0. The predicted molar refractivity (Wildman–Crippen MR) is 77.0 cm³/mol. The molecule has 0 aliphatic carbocycles. The number of anilines is 4. The van der Waals surface area contributed by atoms with Crippen molar-refractivity contribution in [2.75, 3.05) is 23.4 Å². The van der Waals surface area contributed by atoms with Crippen LogP contribution in [-0.2, 0) is 0 Å². The zero-order valence-corrected chi connectivity index (χ0v) is 10.9. The highest BCUT2D eigenvalue weighted by atomic mass is 15.2. The maximum atomic E-state index is 5.74. The molecule has 0 aliphatic rings. The second-order valence-electron chi connectivity index (χ2n) is 4.49. The van der Waals surface area contributed by atoms with Gasteiger partial charge in [-0.15, -0.1) is 0 Å². The summed E-state index contributed by atoms with van der Waals surface area (Å²) in [5.41, 5.74) is 15.5. The Labute approximate surface area is 107 Å². The van der Waals surface area contributed by atoms with E-state index in [1.54, 1.807) is 6.07 Å². The summed E-state index contributed by atoms with van der Waals surface area (Å²) >= 11 is 0. The van der Waals surface area contributed by atoms with Gasteiger partial charge in [0.1, 0.15) is 11.6 Å². The molecule has 0 bridgehead atoms. The van der Waals surface area contributed by atoms with Gasteiger partial charge in [-0.25, -0.2) is 4.98 Å². The second kappa shape index (κ2) is 4.56. The molecule has 0 amide bonds. The van der Waals surface area contributed by atoms with E-state index in [9.17, 15) is 0 Å². The predicted octanol–water partition coefficient (Wildman–Crippen LogP) is 2.63. The standard InChI is InChI=1S/C14H18N4/c1-9-4-6-12(10(2)8-9)18(3)13-7-5-11(15)14(16)17-13/h4-8H,15H2,1-3H3,(H2,16,17). The Bertz CT molecular complexity index is 578. The minimum absolute atomic E-state index is 0.365. The van der Waals surface area contributed by atoms with Crippen molar-refractivity contribution in [1.29, 1.82) is 0 Å². The molecule has 1 aromatic heterocycles. The van der Waals surface area contributed by atoms with E-state index in [2.05, 4.69) is 37.0 Å². The maximum Gasteiger partial charge on any atom is 0.149 e. The molecule has 2 aromatic rings. The summed E-state index contributed by atoms with van der Waals surface area (Å²) in [7, 11) is 1.97. The maximum absolute atomic E-state index is 5.74. The van der Waals surface area contributed by atoms with Crippen LogP contribution in [0, 0.1) is 13.8 Å². The molecule has 0 atom stereocenters. The van der Waals surface area contributed by atoms with Crippen molar-refractivity contribution < 1.29 is 0 Å². The van der Waals surface area contributed by atoms with Gasteiger partial charge >= 0.3 is 0 Å². The van der Waals surface area contributed by atoms with Crippen LogP contribution >= 0.6 is 0 Å². The molecular weight excluding hydrogens is 224 g/mol. The van der Waals surface area contributed by atoms with Crippen LogP contribution < -0.4 is 16.4 Å². The molecule has 0 radical (unpaired) electrons. The molecule has 4 heteroatoms. The van der Waals surface area contributed by atoms with Gasteiger partial charge < -0.3 is 16.4 Å². The molecular formula is C14H18N4. The van der Waals surface area contributed by atoms with Crippen LogP contribution in [0.15, 0.2) is 30.3 Å². The average molecular weight is 242 g/mol. The Morgan fingerprint density at radius 1 is 1.06 bits per heavy atom. The van der Waals surface area contributed by atoms with E-state index in [1.165, 1.54) is 11.1 Å². The molecule has 18 heavy (non-hydrogen) atoms. The first-order chi connectivity index (χ1) is 8.49. The van der Waals surface area contributed by atoms with Crippen LogP contribution in [0.5, 0.6) is 0 Å². The van der Waals surface area contributed by atoms with Crippen LogP contribution in [0.4, 0.5) is 23.0 Å². The van der Waals surface area contributed by atoms with Crippen LogP contribution in [-0.4, -0.2) is 12.0 Å². The number of benzene rings is 1. The lowest BCUT2D eigenvalue weighted by atomic mass is 10.1. The Balaban J connectivity index is 2.41. The lowest BCUT2D eigenvalue weighted by Gasteiger charge is -2.21. The van der Waals surface area contributed by atoms with E-state index in [-0.39, 0.29) is 0 Å². The first kappa shape index (κ1) is 12.2. The number of nitrogens with two attached hydrogens (primary N) is 2. The quantitative estimate of drug-likeness (QED) is 0.849. The van der Waals surface area contributed by atoms with Gasteiger partial charge in [0.2, 0.25) is 0 Å². The average Bonchev–Trinajstić information content (AvgIpc) is 2.32. The first-order valence-electron chi connectivity index (χ1n) is 5.82. The van der Waals surface area contributed by atoms with E-state index >= 15 is 0 Å². The number of aromatic nitrogens is 1. The van der Waals surface area contributed by atoms with E-state index in [0.29, 0.717) is 11.5 Å². The third-order valence-corrected chi connectivity index (χ3v) is 3.00. The zero-order valence-electron chi connectivity index (χ0n) is 10.9. The minimum Gasteiger partial charge on any atom is -0.396 e. The SMILES string of the molecule is Cc1ccc(N(C)c2ccc(N)c(N)n2)c(C)c1. The monoisotopic (exact) mass is 242 g/mol. The van der Waals surface area contributed by atoms with Crippen molar-refractivity contribution >= 4 is 23.0 Å². The van der Waals surface area contributed by atoms with Crippen molar-refractivity contribution in [2.24, 2.45) is 0 Å². The molecule has 94 valence electrons. The normalized spacial score (nSPS) is 10.4. The third-order valence-electron chi connectivity index (χ3n) is 3.00. The smallest absolute Gasteiger partial charge is 0.149 e. The Morgan fingerprint density at radius 3 is 2.39 bits per heavy atom. The number of nitrogen functional groups attached to an aromatic ring is 2. The van der Waals surface area contributed by atoms with Crippen molar-refractivity contribution in [3.8, 4) is 0 Å². The van der Waals surface area contributed by atoms with Crippen LogP contribution in [0.25, 0.3) is 0 Å². The highest BCUT2D eigenvalue weighted by molar-refractivity contribution is 5.68. The fourth-order valence-corrected chi connectivity index (χ4v) is 1.97. The Hall–Kier alpha value is -2.23. The molecule has 4 nitrogen and oxygen atoms in total. The number of rotatable bonds is 2. The Morgan fingerprint density at radius 2 is 1.78 bits per heavy atom. The highest BCUT2D eigenvalue weighted by Crippen LogP contribution is 2.27. The van der Waals surface area contributed by atoms with E-state index < -0.39 is 0 Å². The topological polar surface area (TPSA) is 68.2 Å². The summed E-state index contributed by atoms with van der Waals surface area (Å²) in [6.45, 7) is 4.16. The molecule has 0 saturated carbocycles. The largest absolute Gasteiger partial charge is 0.396 e. The van der Waals surface area contributed by atoms with Gasteiger partial charge in [-0.2, -0.15) is 0 Å². The summed E-state index contributed by atoms with van der Waals surface area (Å²) in [4.78, 5) is 6.30. The second-order valence-corrected chi connectivity index (χ2v) is 4.49. The van der Waals surface area contributed by atoms with E-state index in [1.807, 2.05) is 18.0 Å². The van der Waals surface area contributed by atoms with E-state index in [4.69, 9.17) is 11.5 Å². The van der Waals surface area contributed by atoms with Crippen LogP contribution in [0.2, 0.25) is 0 Å². The number of hydrogen-bond acceptors (Lipinski definition) is 4. The van der Waals surface area contributed by atoms with Crippen molar-refractivity contribution in [2.45, 2.75) is 13.8 Å². The van der Waals surface area contributed by atoms with Crippen LogP contribution in [0.1, 0.15) is 11.1 Å². The van der Waals surface area contributed by atoms with Crippen LogP contribution in [0.3, 0.4) is 0 Å². The fourth-order valence-electron chi connectivity index (χ4n) is 1.97. The van der Waals surface area contributed by atoms with Gasteiger partial charge in [0.05, 0.1) is 5.69 Å². The lowest BCUT2D eigenvalue weighted by Crippen LogP contribution is -2.13. The molecule has 1 heterocycles. The molecule has 0 aliphatic heterocycles. The molecule has 2 rings (SSSR count). The van der Waals surface area contributed by atoms with Crippen molar-refractivity contribution in [3.63, 3.8) is 0 Å². The number of aryl methyl sites for hydroxylation is 2. The molecule has 0 unspecified atom stereocenters. The number of hydrogen-bond donors (Lipinski definition) is 2. The van der Waals surface area contributed by atoms with Gasteiger partial charge in [-0.1, -0.05) is 17.7 Å². The Kier molecular flexibility index (Phi) is 3.10. The van der Waals surface area contributed by atoms with Gasteiger partial charge in [0.25, 0.3) is 0 Å². The molecule has 0 fully saturated rings. The van der Waals surface area contributed by atoms with Gasteiger partial charge in [-0.05, 0) is 37.6 Å². The zero-order chi connectivity index (χ0) is 13.3. The summed E-state index contributed by atoms with van der Waals surface area (Å²) in [5.74, 6) is 1.15. The fraction of sp³-hybridized carbons (Fsp3) is 0.214. The van der Waals surface area contributed by atoms with Gasteiger partial charge in [0, 0.05) is 12.7 Å². The third kappa shape index (κ3) is 2.22. The van der Waals surface area contributed by atoms with Crippen molar-refractivity contribution in [3.05, 3.63) is 41.5 Å². The molecule has 0 saturated heterocycles. The summed E-state index contributed by atoms with van der Waals surface area (Å²) < 4.78 is 0. The van der Waals surface area contributed by atoms with Crippen molar-refractivity contribution in [1.82, 2.24) is 4.98 Å².